The Morgan fingerprint density at radius 1 is 0.808 bits per heavy atom. The van der Waals surface area contributed by atoms with Gasteiger partial charge >= 0.3 is 11.9 Å². The number of rotatable bonds is 12. The number of esters is 2. The van der Waals surface area contributed by atoms with E-state index in [-0.39, 0.29) is 46.2 Å². The number of carbonyl (C=O) groups is 2. The molecule has 0 rings (SSSR count). The Balaban J connectivity index is 0. The van der Waals surface area contributed by atoms with E-state index in [2.05, 4.69) is 13.2 Å². The summed E-state index contributed by atoms with van der Waals surface area (Å²) in [7, 11) is 0. The summed E-state index contributed by atoms with van der Waals surface area (Å²) < 4.78 is 14.6. The van der Waals surface area contributed by atoms with Gasteiger partial charge in [-0.3, -0.25) is 0 Å². The summed E-state index contributed by atoms with van der Waals surface area (Å²) in [6.45, 7) is 12.2. The number of hydrogen-bond donors (Lipinski definition) is 3. The number of aliphatic hydroxyl groups is 3. The lowest BCUT2D eigenvalue weighted by molar-refractivity contribution is -0.141. The average molecular weight is 376 g/mol. The second kappa shape index (κ2) is 15.5. The summed E-state index contributed by atoms with van der Waals surface area (Å²) in [5.74, 6) is -0.885. The molecule has 0 unspecified atom stereocenters. The largest absolute Gasteiger partial charge is 0.460 e. The minimum Gasteiger partial charge on any atom is -0.460 e. The molecule has 0 aromatic rings. The first kappa shape index (κ1) is 26.5. The maximum atomic E-state index is 10.9. The van der Waals surface area contributed by atoms with Crippen LogP contribution >= 0.6 is 0 Å². The van der Waals surface area contributed by atoms with Crippen LogP contribution in [-0.2, 0) is 23.8 Å². The van der Waals surface area contributed by atoms with Crippen molar-refractivity contribution in [3.05, 3.63) is 24.3 Å². The molecule has 0 aliphatic carbocycles. The third-order valence-corrected chi connectivity index (χ3v) is 3.37. The fraction of sp³-hybridized carbons (Fsp3) is 0.667. The van der Waals surface area contributed by atoms with Crippen LogP contribution in [0.1, 0.15) is 27.2 Å². The van der Waals surface area contributed by atoms with E-state index in [1.165, 1.54) is 0 Å². The zero-order chi connectivity index (χ0) is 20.6. The summed E-state index contributed by atoms with van der Waals surface area (Å²) in [4.78, 5) is 21.9. The van der Waals surface area contributed by atoms with E-state index in [0.29, 0.717) is 17.6 Å². The maximum absolute atomic E-state index is 10.9. The van der Waals surface area contributed by atoms with Gasteiger partial charge in [0.2, 0.25) is 0 Å². The summed E-state index contributed by atoms with van der Waals surface area (Å²) in [6, 6.07) is 0. The highest BCUT2D eigenvalue weighted by atomic mass is 16.6. The second-order valence-electron chi connectivity index (χ2n) is 5.77. The van der Waals surface area contributed by atoms with Gasteiger partial charge in [-0.15, -0.1) is 0 Å². The highest BCUT2D eigenvalue weighted by Crippen LogP contribution is 2.18. The van der Waals surface area contributed by atoms with Crippen LogP contribution in [0, 0.1) is 5.41 Å². The fourth-order valence-corrected chi connectivity index (χ4v) is 1.22. The molecule has 0 aromatic carbocycles. The van der Waals surface area contributed by atoms with Crippen LogP contribution in [0.5, 0.6) is 0 Å². The van der Waals surface area contributed by atoms with Crippen molar-refractivity contribution in [3.63, 3.8) is 0 Å². The third kappa shape index (κ3) is 12.6. The zero-order valence-corrected chi connectivity index (χ0v) is 16.0. The monoisotopic (exact) mass is 376 g/mol. The van der Waals surface area contributed by atoms with Gasteiger partial charge in [0.15, 0.2) is 0 Å². The smallest absolute Gasteiger partial charge is 0.333 e. The maximum Gasteiger partial charge on any atom is 0.333 e. The molecular formula is C18H32O8. The van der Waals surface area contributed by atoms with Crippen LogP contribution in [0.15, 0.2) is 24.3 Å². The van der Waals surface area contributed by atoms with E-state index in [0.717, 1.165) is 0 Å². The van der Waals surface area contributed by atoms with Crippen molar-refractivity contribution >= 4 is 11.9 Å². The molecule has 0 heterocycles. The van der Waals surface area contributed by atoms with Crippen LogP contribution < -0.4 is 0 Å². The Bertz CT molecular complexity index is 393. The van der Waals surface area contributed by atoms with Gasteiger partial charge in [0.1, 0.15) is 13.2 Å². The summed E-state index contributed by atoms with van der Waals surface area (Å²) >= 11 is 0. The van der Waals surface area contributed by atoms with Gasteiger partial charge in [-0.25, -0.2) is 9.59 Å². The van der Waals surface area contributed by atoms with Crippen molar-refractivity contribution in [2.24, 2.45) is 5.41 Å². The van der Waals surface area contributed by atoms with Crippen LogP contribution in [0.3, 0.4) is 0 Å². The summed E-state index contributed by atoms with van der Waals surface area (Å²) in [5, 5.41) is 26.0. The molecule has 0 bridgehead atoms. The number of aliphatic hydroxyl groups excluding tert-OH is 3. The predicted molar refractivity (Wildman–Crippen MR) is 96.3 cm³/mol. The van der Waals surface area contributed by atoms with Crippen LogP contribution in [-0.4, -0.2) is 73.5 Å². The van der Waals surface area contributed by atoms with Gasteiger partial charge in [0, 0.05) is 16.6 Å². The molecule has 0 spiro atoms. The first-order valence-corrected chi connectivity index (χ1v) is 8.25. The summed E-state index contributed by atoms with van der Waals surface area (Å²) in [6.07, 6.45) is 0.594. The lowest BCUT2D eigenvalue weighted by Gasteiger charge is -2.24. The van der Waals surface area contributed by atoms with Crippen molar-refractivity contribution in [2.75, 3.05) is 46.2 Å². The minimum atomic E-state index is -0.667. The molecule has 8 heteroatoms. The molecule has 0 aliphatic rings. The van der Waals surface area contributed by atoms with Gasteiger partial charge in [0.05, 0.1) is 33.0 Å². The van der Waals surface area contributed by atoms with Gasteiger partial charge in [-0.05, 0) is 20.3 Å². The molecule has 0 radical (unpaired) electrons. The van der Waals surface area contributed by atoms with E-state index in [1.54, 1.807) is 13.8 Å². The van der Waals surface area contributed by atoms with E-state index in [4.69, 9.17) is 29.5 Å². The molecule has 152 valence electrons. The first-order valence-electron chi connectivity index (χ1n) is 8.25. The number of carbonyl (C=O) groups excluding carboxylic acids is 2. The van der Waals surface area contributed by atoms with Crippen LogP contribution in [0.2, 0.25) is 0 Å². The highest BCUT2D eigenvalue weighted by molar-refractivity contribution is 5.87. The third-order valence-electron chi connectivity index (χ3n) is 3.37. The minimum absolute atomic E-state index is 0.153. The van der Waals surface area contributed by atoms with E-state index in [1.807, 2.05) is 6.92 Å². The zero-order valence-electron chi connectivity index (χ0n) is 16.0. The van der Waals surface area contributed by atoms with E-state index in [9.17, 15) is 9.59 Å². The standard InChI is InChI=1S/C12H18O5.C6H14O3/c1-9(2)11(13)16-7-5-15-6-8-17-12(14)10(3)4;1-2-6(3-7,4-8)5-9/h1,3,5-8H2,2,4H3;7-9H,2-5H2,1H3. The Morgan fingerprint density at radius 3 is 1.35 bits per heavy atom. The Kier molecular flexibility index (Phi) is 15.8. The highest BCUT2D eigenvalue weighted by Gasteiger charge is 2.24. The lowest BCUT2D eigenvalue weighted by Crippen LogP contribution is -2.32. The molecule has 0 saturated carbocycles. The van der Waals surface area contributed by atoms with Crippen molar-refractivity contribution in [3.8, 4) is 0 Å². The normalized spacial score (nSPS) is 10.4. The molecule has 0 aromatic heterocycles. The van der Waals surface area contributed by atoms with E-state index >= 15 is 0 Å². The molecule has 0 amide bonds. The van der Waals surface area contributed by atoms with E-state index < -0.39 is 17.4 Å². The van der Waals surface area contributed by atoms with Gasteiger partial charge in [-0.2, -0.15) is 0 Å². The lowest BCUT2D eigenvalue weighted by atomic mass is 9.88. The molecular weight excluding hydrogens is 344 g/mol. The summed E-state index contributed by atoms with van der Waals surface area (Å²) in [5.41, 5.74) is 0.0285. The Labute approximate surface area is 155 Å². The molecule has 0 fully saturated rings. The van der Waals surface area contributed by atoms with Crippen LogP contribution in [0.4, 0.5) is 0 Å². The first-order chi connectivity index (χ1) is 12.2. The molecule has 26 heavy (non-hydrogen) atoms. The Morgan fingerprint density at radius 2 is 1.15 bits per heavy atom. The fourth-order valence-electron chi connectivity index (χ4n) is 1.22. The molecule has 3 N–H and O–H groups in total. The molecule has 0 aliphatic heterocycles. The van der Waals surface area contributed by atoms with Crippen molar-refractivity contribution in [2.45, 2.75) is 27.2 Å². The quantitative estimate of drug-likeness (QED) is 0.257. The van der Waals surface area contributed by atoms with Crippen molar-refractivity contribution in [1.29, 1.82) is 0 Å². The molecule has 0 atom stereocenters. The average Bonchev–Trinajstić information content (AvgIpc) is 2.63. The topological polar surface area (TPSA) is 123 Å². The van der Waals surface area contributed by atoms with Crippen molar-refractivity contribution < 1.29 is 39.1 Å². The SMILES string of the molecule is C=C(C)C(=O)OCCOCCOC(=O)C(=C)C.CCC(CO)(CO)CO. The van der Waals surface area contributed by atoms with Crippen molar-refractivity contribution in [1.82, 2.24) is 0 Å². The second-order valence-corrected chi connectivity index (χ2v) is 5.77. The molecule has 0 saturated heterocycles. The number of hydrogen-bond acceptors (Lipinski definition) is 8. The predicted octanol–water partition coefficient (Wildman–Crippen LogP) is 0.601. The van der Waals surface area contributed by atoms with Gasteiger partial charge in [-0.1, -0.05) is 20.1 Å². The van der Waals surface area contributed by atoms with Gasteiger partial charge < -0.3 is 29.5 Å². The van der Waals surface area contributed by atoms with Crippen LogP contribution in [0.25, 0.3) is 0 Å². The molecule has 8 nitrogen and oxygen atoms in total. The number of ether oxygens (including phenoxy) is 3. The van der Waals surface area contributed by atoms with Gasteiger partial charge in [0.25, 0.3) is 0 Å². The Hall–Kier alpha value is -1.74.